The predicted molar refractivity (Wildman–Crippen MR) is 112 cm³/mol. The minimum absolute atomic E-state index is 0.124. The second kappa shape index (κ2) is 10.3. The molecule has 27 heavy (non-hydrogen) atoms. The molecule has 0 bridgehead atoms. The fourth-order valence-electron chi connectivity index (χ4n) is 3.40. The van der Waals surface area contributed by atoms with E-state index < -0.39 is 0 Å². The summed E-state index contributed by atoms with van der Waals surface area (Å²) in [7, 11) is 0. The number of halogens is 1. The van der Waals surface area contributed by atoms with Gasteiger partial charge in [0.05, 0.1) is 0 Å². The van der Waals surface area contributed by atoms with Crippen LogP contribution < -0.4 is 10.2 Å². The lowest BCUT2D eigenvalue weighted by molar-refractivity contribution is -0.121. The summed E-state index contributed by atoms with van der Waals surface area (Å²) in [5.74, 6) is 0.124. The van der Waals surface area contributed by atoms with E-state index in [0.29, 0.717) is 6.42 Å². The highest BCUT2D eigenvalue weighted by Gasteiger charge is 2.16. The Kier molecular flexibility index (Phi) is 7.55. The van der Waals surface area contributed by atoms with Crippen molar-refractivity contribution in [2.45, 2.75) is 19.3 Å². The molecule has 0 aromatic heterocycles. The Hall–Kier alpha value is -2.04. The molecular weight excluding hydrogens is 358 g/mol. The summed E-state index contributed by atoms with van der Waals surface area (Å²) < 4.78 is 0. The van der Waals surface area contributed by atoms with E-state index in [9.17, 15) is 4.79 Å². The lowest BCUT2D eigenvalue weighted by Gasteiger charge is -2.36. The molecule has 1 heterocycles. The molecule has 2 aromatic carbocycles. The van der Waals surface area contributed by atoms with E-state index in [1.807, 2.05) is 24.3 Å². The molecular formula is C22H28ClN3O. The van der Waals surface area contributed by atoms with Crippen LogP contribution in [0.4, 0.5) is 5.69 Å². The molecule has 0 unspecified atom stereocenters. The van der Waals surface area contributed by atoms with Crippen LogP contribution in [0.15, 0.2) is 54.6 Å². The number of hydrogen-bond acceptors (Lipinski definition) is 3. The largest absolute Gasteiger partial charge is 0.369 e. The second-order valence-corrected chi connectivity index (χ2v) is 7.43. The van der Waals surface area contributed by atoms with Gasteiger partial charge in [-0.3, -0.25) is 9.69 Å². The lowest BCUT2D eigenvalue weighted by atomic mass is 10.1. The molecule has 3 rings (SSSR count). The fourth-order valence-corrected chi connectivity index (χ4v) is 3.52. The highest BCUT2D eigenvalue weighted by atomic mass is 35.5. The number of carbonyl (C=O) groups excluding carboxylic acids is 1. The molecule has 0 aliphatic carbocycles. The highest BCUT2D eigenvalue weighted by molar-refractivity contribution is 6.30. The zero-order valence-corrected chi connectivity index (χ0v) is 16.5. The average Bonchev–Trinajstić information content (AvgIpc) is 2.72. The Morgan fingerprint density at radius 3 is 2.37 bits per heavy atom. The standard InChI is InChI=1S/C22H28ClN3O/c23-20-10-7-19(8-11-20)9-12-22(27)24-13-4-14-25-15-17-26(18-16-25)21-5-2-1-3-6-21/h1-3,5-8,10-11H,4,9,12-18H2,(H,24,27). The van der Waals surface area contributed by atoms with E-state index in [-0.39, 0.29) is 5.91 Å². The number of amides is 1. The molecule has 1 aliphatic rings. The number of piperazine rings is 1. The van der Waals surface area contributed by atoms with Crippen LogP contribution in [0.1, 0.15) is 18.4 Å². The Labute approximate surface area is 167 Å². The fraction of sp³-hybridized carbons (Fsp3) is 0.409. The van der Waals surface area contributed by atoms with Gasteiger partial charge in [-0.2, -0.15) is 0 Å². The topological polar surface area (TPSA) is 35.6 Å². The number of benzene rings is 2. The van der Waals surface area contributed by atoms with Crippen LogP contribution in [-0.2, 0) is 11.2 Å². The van der Waals surface area contributed by atoms with Crippen molar-refractivity contribution in [3.63, 3.8) is 0 Å². The molecule has 0 radical (unpaired) electrons. The quantitative estimate of drug-likeness (QED) is 0.705. The normalized spacial score (nSPS) is 14.9. The van der Waals surface area contributed by atoms with E-state index >= 15 is 0 Å². The molecule has 1 amide bonds. The number of nitrogens with one attached hydrogen (secondary N) is 1. The maximum Gasteiger partial charge on any atom is 0.220 e. The molecule has 5 heteroatoms. The molecule has 1 fully saturated rings. The number of nitrogens with zero attached hydrogens (tertiary/aromatic N) is 2. The third kappa shape index (κ3) is 6.56. The number of aryl methyl sites for hydroxylation is 1. The van der Waals surface area contributed by atoms with Crippen molar-refractivity contribution < 1.29 is 4.79 Å². The molecule has 2 aromatic rings. The van der Waals surface area contributed by atoms with Crippen LogP contribution in [0.2, 0.25) is 5.02 Å². The zero-order valence-electron chi connectivity index (χ0n) is 15.7. The maximum absolute atomic E-state index is 12.0. The van der Waals surface area contributed by atoms with Gasteiger partial charge >= 0.3 is 0 Å². The van der Waals surface area contributed by atoms with Crippen LogP contribution in [0, 0.1) is 0 Å². The van der Waals surface area contributed by atoms with Crippen LogP contribution >= 0.6 is 11.6 Å². The minimum Gasteiger partial charge on any atom is -0.369 e. The summed E-state index contributed by atoms with van der Waals surface area (Å²) in [5.41, 5.74) is 2.45. The van der Waals surface area contributed by atoms with Crippen molar-refractivity contribution >= 4 is 23.2 Å². The number of carbonyl (C=O) groups is 1. The molecule has 1 saturated heterocycles. The minimum atomic E-state index is 0.124. The molecule has 4 nitrogen and oxygen atoms in total. The predicted octanol–water partition coefficient (Wildman–Crippen LogP) is 3.60. The molecule has 0 spiro atoms. The Bertz CT molecular complexity index is 697. The van der Waals surface area contributed by atoms with Gasteiger partial charge in [0.25, 0.3) is 0 Å². The highest BCUT2D eigenvalue weighted by Crippen LogP contribution is 2.15. The van der Waals surface area contributed by atoms with Gasteiger partial charge in [-0.15, -0.1) is 0 Å². The first-order chi connectivity index (χ1) is 13.2. The van der Waals surface area contributed by atoms with E-state index in [1.165, 1.54) is 5.69 Å². The van der Waals surface area contributed by atoms with Gasteiger partial charge in [-0.1, -0.05) is 41.9 Å². The average molecular weight is 386 g/mol. The van der Waals surface area contributed by atoms with E-state index in [1.54, 1.807) is 0 Å². The molecule has 144 valence electrons. The lowest BCUT2D eigenvalue weighted by Crippen LogP contribution is -2.47. The summed E-state index contributed by atoms with van der Waals surface area (Å²) in [6.07, 6.45) is 2.28. The Morgan fingerprint density at radius 2 is 1.67 bits per heavy atom. The van der Waals surface area contributed by atoms with Crippen molar-refractivity contribution in [1.82, 2.24) is 10.2 Å². The number of rotatable bonds is 8. The van der Waals surface area contributed by atoms with E-state index in [2.05, 4.69) is 45.4 Å². The molecule has 1 aliphatic heterocycles. The Morgan fingerprint density at radius 1 is 0.963 bits per heavy atom. The summed E-state index contributed by atoms with van der Waals surface area (Å²) in [6, 6.07) is 18.3. The van der Waals surface area contributed by atoms with Crippen LogP contribution in [0.25, 0.3) is 0 Å². The summed E-state index contributed by atoms with van der Waals surface area (Å²) in [4.78, 5) is 16.9. The number of anilines is 1. The maximum atomic E-state index is 12.0. The smallest absolute Gasteiger partial charge is 0.220 e. The molecule has 0 saturated carbocycles. The summed E-state index contributed by atoms with van der Waals surface area (Å²) in [6.45, 7) is 6.09. The van der Waals surface area contributed by atoms with Crippen LogP contribution in [0.5, 0.6) is 0 Å². The van der Waals surface area contributed by atoms with Crippen molar-refractivity contribution in [1.29, 1.82) is 0 Å². The van der Waals surface area contributed by atoms with Crippen LogP contribution in [-0.4, -0.2) is 50.1 Å². The number of hydrogen-bond donors (Lipinski definition) is 1. The first kappa shape index (κ1) is 19.7. The van der Waals surface area contributed by atoms with Gasteiger partial charge in [-0.25, -0.2) is 0 Å². The van der Waals surface area contributed by atoms with Gasteiger partial charge in [0.2, 0.25) is 5.91 Å². The van der Waals surface area contributed by atoms with Gasteiger partial charge in [0.15, 0.2) is 0 Å². The van der Waals surface area contributed by atoms with E-state index in [4.69, 9.17) is 11.6 Å². The Balaban J connectivity index is 1.26. The monoisotopic (exact) mass is 385 g/mol. The molecule has 1 N–H and O–H groups in total. The molecule has 0 atom stereocenters. The third-order valence-corrected chi connectivity index (χ3v) is 5.27. The third-order valence-electron chi connectivity index (χ3n) is 5.02. The van der Waals surface area contributed by atoms with Gasteiger partial charge in [0, 0.05) is 49.9 Å². The SMILES string of the molecule is O=C(CCc1ccc(Cl)cc1)NCCCN1CCN(c2ccccc2)CC1. The van der Waals surface area contributed by atoms with Crippen molar-refractivity contribution in [3.05, 3.63) is 65.2 Å². The summed E-state index contributed by atoms with van der Waals surface area (Å²) in [5, 5.41) is 3.77. The van der Waals surface area contributed by atoms with Gasteiger partial charge < -0.3 is 10.2 Å². The first-order valence-electron chi connectivity index (χ1n) is 9.74. The van der Waals surface area contributed by atoms with Crippen molar-refractivity contribution in [2.75, 3.05) is 44.2 Å². The van der Waals surface area contributed by atoms with Gasteiger partial charge in [0.1, 0.15) is 0 Å². The first-order valence-corrected chi connectivity index (χ1v) is 10.1. The van der Waals surface area contributed by atoms with Crippen molar-refractivity contribution in [2.24, 2.45) is 0 Å². The summed E-state index contributed by atoms with van der Waals surface area (Å²) >= 11 is 5.88. The van der Waals surface area contributed by atoms with Crippen LogP contribution in [0.3, 0.4) is 0 Å². The zero-order chi connectivity index (χ0) is 18.9. The van der Waals surface area contributed by atoms with E-state index in [0.717, 1.165) is 62.7 Å². The second-order valence-electron chi connectivity index (χ2n) is 6.99. The van der Waals surface area contributed by atoms with Gasteiger partial charge in [-0.05, 0) is 49.2 Å². The van der Waals surface area contributed by atoms with Crippen molar-refractivity contribution in [3.8, 4) is 0 Å². The number of para-hydroxylation sites is 1.